The van der Waals surface area contributed by atoms with Gasteiger partial charge in [-0.25, -0.2) is 0 Å². The Balaban J connectivity index is 1.05. The summed E-state index contributed by atoms with van der Waals surface area (Å²) in [6, 6.07) is 17.0. The predicted molar refractivity (Wildman–Crippen MR) is 122 cm³/mol. The molecular formula is C25H26N4O5. The lowest BCUT2D eigenvalue weighted by molar-refractivity contribution is -0.146. The minimum atomic E-state index is -0.660. The second-order valence-electron chi connectivity index (χ2n) is 8.30. The molecule has 9 heteroatoms. The highest BCUT2D eigenvalue weighted by Gasteiger charge is 2.33. The normalized spacial score (nSPS) is 17.5. The Kier molecular flexibility index (Phi) is 6.42. The number of benzene rings is 2. The molecule has 2 aromatic carbocycles. The van der Waals surface area contributed by atoms with Crippen molar-refractivity contribution >= 4 is 11.8 Å². The monoisotopic (exact) mass is 462 g/mol. The van der Waals surface area contributed by atoms with Crippen LogP contribution >= 0.6 is 0 Å². The molecule has 176 valence electrons. The third-order valence-electron chi connectivity index (χ3n) is 6.01. The highest BCUT2D eigenvalue weighted by Crippen LogP contribution is 2.31. The van der Waals surface area contributed by atoms with Crippen LogP contribution in [0.3, 0.4) is 0 Å². The highest BCUT2D eigenvalue weighted by molar-refractivity contribution is 5.82. The zero-order valence-electron chi connectivity index (χ0n) is 18.8. The Morgan fingerprint density at radius 3 is 2.41 bits per heavy atom. The van der Waals surface area contributed by atoms with Gasteiger partial charge in [0.2, 0.25) is 23.7 Å². The average Bonchev–Trinajstić information content (AvgIpc) is 3.37. The lowest BCUT2D eigenvalue weighted by atomic mass is 10.2. The van der Waals surface area contributed by atoms with Crippen LogP contribution in [0, 0.1) is 0 Å². The standard InChI is InChI=1S/C25H26N4O5/c30-23(12-6-11-22-26-24(27-34-22)18-7-2-1-3-8-18)28-13-15-29(16-14-28)25(31)21-17-32-19-9-4-5-10-20(19)33-21/h1-5,7-10,21H,6,11-17H2. The summed E-state index contributed by atoms with van der Waals surface area (Å²) in [4.78, 5) is 33.5. The molecule has 1 atom stereocenters. The maximum absolute atomic E-state index is 12.9. The van der Waals surface area contributed by atoms with Gasteiger partial charge in [-0.05, 0) is 18.6 Å². The van der Waals surface area contributed by atoms with Crippen molar-refractivity contribution in [2.45, 2.75) is 25.4 Å². The van der Waals surface area contributed by atoms with E-state index in [1.807, 2.05) is 48.5 Å². The molecule has 2 aliphatic heterocycles. The number of carbonyl (C=O) groups excluding carboxylic acids is 2. The fourth-order valence-corrected chi connectivity index (χ4v) is 4.13. The van der Waals surface area contributed by atoms with Crippen molar-refractivity contribution in [2.24, 2.45) is 0 Å². The van der Waals surface area contributed by atoms with Crippen LogP contribution in [0.25, 0.3) is 11.4 Å². The van der Waals surface area contributed by atoms with Crippen LogP contribution in [-0.4, -0.2) is 70.6 Å². The molecule has 0 spiro atoms. The number of hydrogen-bond donors (Lipinski definition) is 0. The third-order valence-corrected chi connectivity index (χ3v) is 6.01. The number of piperazine rings is 1. The van der Waals surface area contributed by atoms with Gasteiger partial charge in [0.1, 0.15) is 6.61 Å². The Bertz CT molecular complexity index is 1140. The molecular weight excluding hydrogens is 436 g/mol. The number of hydrogen-bond acceptors (Lipinski definition) is 7. The first-order chi connectivity index (χ1) is 16.7. The molecule has 0 N–H and O–H groups in total. The fraction of sp³-hybridized carbons (Fsp3) is 0.360. The van der Waals surface area contributed by atoms with Gasteiger partial charge in [-0.3, -0.25) is 9.59 Å². The molecule has 0 radical (unpaired) electrons. The van der Waals surface area contributed by atoms with Gasteiger partial charge in [-0.2, -0.15) is 4.98 Å². The van der Waals surface area contributed by atoms with Gasteiger partial charge < -0.3 is 23.8 Å². The van der Waals surface area contributed by atoms with E-state index >= 15 is 0 Å². The lowest BCUT2D eigenvalue weighted by Crippen LogP contribution is -2.55. The van der Waals surface area contributed by atoms with E-state index in [1.165, 1.54) is 0 Å². The van der Waals surface area contributed by atoms with E-state index in [2.05, 4.69) is 10.1 Å². The van der Waals surface area contributed by atoms with Gasteiger partial charge in [0.05, 0.1) is 0 Å². The van der Waals surface area contributed by atoms with Gasteiger partial charge in [0.25, 0.3) is 5.91 Å². The first-order valence-corrected chi connectivity index (χ1v) is 11.5. The van der Waals surface area contributed by atoms with Crippen LogP contribution in [0.1, 0.15) is 18.7 Å². The molecule has 0 saturated carbocycles. The number of ether oxygens (including phenoxy) is 2. The van der Waals surface area contributed by atoms with E-state index in [-0.39, 0.29) is 18.4 Å². The summed E-state index contributed by atoms with van der Waals surface area (Å²) >= 11 is 0. The number of fused-ring (bicyclic) bond motifs is 1. The summed E-state index contributed by atoms with van der Waals surface area (Å²) in [5.74, 6) is 2.28. The highest BCUT2D eigenvalue weighted by atomic mass is 16.6. The van der Waals surface area contributed by atoms with E-state index < -0.39 is 6.10 Å². The van der Waals surface area contributed by atoms with E-state index in [4.69, 9.17) is 14.0 Å². The largest absolute Gasteiger partial charge is 0.485 e. The van der Waals surface area contributed by atoms with Crippen LogP contribution in [0.15, 0.2) is 59.1 Å². The number of carbonyl (C=O) groups is 2. The van der Waals surface area contributed by atoms with Gasteiger partial charge >= 0.3 is 0 Å². The van der Waals surface area contributed by atoms with Crippen molar-refractivity contribution in [3.8, 4) is 22.9 Å². The predicted octanol–water partition coefficient (Wildman–Crippen LogP) is 2.57. The fourth-order valence-electron chi connectivity index (χ4n) is 4.13. The molecule has 3 heterocycles. The second kappa shape index (κ2) is 9.94. The summed E-state index contributed by atoms with van der Waals surface area (Å²) in [5, 5.41) is 4.01. The molecule has 34 heavy (non-hydrogen) atoms. The lowest BCUT2D eigenvalue weighted by Gasteiger charge is -2.37. The van der Waals surface area contributed by atoms with Crippen molar-refractivity contribution in [1.29, 1.82) is 0 Å². The number of aryl methyl sites for hydroxylation is 1. The Morgan fingerprint density at radius 1 is 0.912 bits per heavy atom. The average molecular weight is 463 g/mol. The summed E-state index contributed by atoms with van der Waals surface area (Å²) in [6.45, 7) is 2.17. The Morgan fingerprint density at radius 2 is 1.62 bits per heavy atom. The SMILES string of the molecule is O=C(CCCc1nc(-c2ccccc2)no1)N1CCN(C(=O)C2COc3ccccc3O2)CC1. The number of para-hydroxylation sites is 2. The van der Waals surface area contributed by atoms with Crippen LogP contribution in [0.2, 0.25) is 0 Å². The van der Waals surface area contributed by atoms with Gasteiger partial charge in [-0.1, -0.05) is 47.6 Å². The maximum atomic E-state index is 12.9. The summed E-state index contributed by atoms with van der Waals surface area (Å²) < 4.78 is 16.8. The Hall–Kier alpha value is -3.88. The zero-order chi connectivity index (χ0) is 23.3. The first-order valence-electron chi connectivity index (χ1n) is 11.5. The molecule has 1 unspecified atom stereocenters. The summed E-state index contributed by atoms with van der Waals surface area (Å²) in [7, 11) is 0. The summed E-state index contributed by atoms with van der Waals surface area (Å²) in [5.41, 5.74) is 0.899. The van der Waals surface area contributed by atoms with Gasteiger partial charge in [0, 0.05) is 44.6 Å². The van der Waals surface area contributed by atoms with E-state index in [9.17, 15) is 9.59 Å². The van der Waals surface area contributed by atoms with Crippen LogP contribution in [0.5, 0.6) is 11.5 Å². The number of amides is 2. The topological polar surface area (TPSA) is 98.0 Å². The van der Waals surface area contributed by atoms with Crippen molar-refractivity contribution in [3.05, 3.63) is 60.5 Å². The van der Waals surface area contributed by atoms with Crippen LogP contribution in [-0.2, 0) is 16.0 Å². The number of aromatic nitrogens is 2. The van der Waals surface area contributed by atoms with Crippen molar-refractivity contribution in [1.82, 2.24) is 19.9 Å². The number of rotatable bonds is 6. The van der Waals surface area contributed by atoms with Gasteiger partial charge in [0.15, 0.2) is 11.5 Å². The quantitative estimate of drug-likeness (QED) is 0.555. The van der Waals surface area contributed by atoms with E-state index in [0.29, 0.717) is 68.7 Å². The second-order valence-corrected chi connectivity index (χ2v) is 8.30. The van der Waals surface area contributed by atoms with Crippen molar-refractivity contribution in [3.63, 3.8) is 0 Å². The minimum absolute atomic E-state index is 0.0704. The smallest absolute Gasteiger partial charge is 0.267 e. The van der Waals surface area contributed by atoms with Crippen molar-refractivity contribution in [2.75, 3.05) is 32.8 Å². The number of nitrogens with zero attached hydrogens (tertiary/aromatic N) is 4. The first kappa shape index (κ1) is 21.9. The van der Waals surface area contributed by atoms with Crippen LogP contribution < -0.4 is 9.47 Å². The minimum Gasteiger partial charge on any atom is -0.485 e. The van der Waals surface area contributed by atoms with Gasteiger partial charge in [-0.15, -0.1) is 0 Å². The van der Waals surface area contributed by atoms with E-state index in [0.717, 1.165) is 5.56 Å². The molecule has 2 aliphatic rings. The molecule has 1 fully saturated rings. The van der Waals surface area contributed by atoms with E-state index in [1.54, 1.807) is 15.9 Å². The zero-order valence-corrected chi connectivity index (χ0v) is 18.8. The third kappa shape index (κ3) is 4.88. The van der Waals surface area contributed by atoms with Crippen LogP contribution in [0.4, 0.5) is 0 Å². The maximum Gasteiger partial charge on any atom is 0.267 e. The molecule has 1 aromatic heterocycles. The molecule has 2 amide bonds. The molecule has 0 aliphatic carbocycles. The molecule has 0 bridgehead atoms. The Labute approximate surface area is 197 Å². The van der Waals surface area contributed by atoms with Crippen molar-refractivity contribution < 1.29 is 23.6 Å². The molecule has 5 rings (SSSR count). The molecule has 1 saturated heterocycles. The molecule has 3 aromatic rings. The molecule has 9 nitrogen and oxygen atoms in total. The summed E-state index contributed by atoms with van der Waals surface area (Å²) in [6.07, 6.45) is 0.909.